The molecule has 0 saturated heterocycles. The summed E-state index contributed by atoms with van der Waals surface area (Å²) >= 11 is 0. The zero-order chi connectivity index (χ0) is 25.1. The summed E-state index contributed by atoms with van der Waals surface area (Å²) in [5, 5.41) is 34.7. The van der Waals surface area contributed by atoms with Crippen molar-refractivity contribution in [3.05, 3.63) is 0 Å². The van der Waals surface area contributed by atoms with Gasteiger partial charge in [0.05, 0.1) is 6.61 Å². The van der Waals surface area contributed by atoms with Crippen LogP contribution in [-0.2, 0) is 19.2 Å². The molecule has 0 aliphatic heterocycles. The minimum Gasteiger partial charge on any atom is -0.481 e. The van der Waals surface area contributed by atoms with Crippen molar-refractivity contribution in [3.8, 4) is 0 Å². The van der Waals surface area contributed by atoms with E-state index in [1.165, 1.54) is 19.3 Å². The van der Waals surface area contributed by atoms with Gasteiger partial charge in [-0.05, 0) is 32.1 Å². The van der Waals surface area contributed by atoms with Crippen LogP contribution in [0.15, 0.2) is 0 Å². The maximum atomic E-state index is 12.1. The Labute approximate surface area is 194 Å². The smallest absolute Gasteiger partial charge is 0.326 e. The molecule has 2 atom stereocenters. The van der Waals surface area contributed by atoms with Gasteiger partial charge in [-0.2, -0.15) is 0 Å². The largest absolute Gasteiger partial charge is 0.481 e. The van der Waals surface area contributed by atoms with Gasteiger partial charge >= 0.3 is 18.0 Å². The Kier molecular flexibility index (Phi) is 16.4. The molecule has 0 aromatic rings. The number of aldehydes is 1. The Bertz CT molecular complexity index is 629. The SMILES string of the molecule is CCCCCCCCC(=O)NCCCC[C@H](NC(=O)N[C@](C=O)(CO)CCC(=O)O)C(=O)O. The second-order valence-electron chi connectivity index (χ2n) is 8.18. The number of unbranched alkanes of at least 4 members (excludes halogenated alkanes) is 6. The van der Waals surface area contributed by atoms with E-state index in [1.807, 2.05) is 0 Å². The molecular weight excluding hydrogens is 434 g/mol. The van der Waals surface area contributed by atoms with Crippen molar-refractivity contribution in [2.24, 2.45) is 0 Å². The van der Waals surface area contributed by atoms with E-state index in [4.69, 9.17) is 5.11 Å². The lowest BCUT2D eigenvalue weighted by molar-refractivity contribution is -0.139. The molecule has 33 heavy (non-hydrogen) atoms. The maximum absolute atomic E-state index is 12.1. The van der Waals surface area contributed by atoms with E-state index in [-0.39, 0.29) is 25.0 Å². The minimum atomic E-state index is -1.81. The van der Waals surface area contributed by atoms with Gasteiger partial charge in [0.25, 0.3) is 0 Å². The summed E-state index contributed by atoms with van der Waals surface area (Å²) in [5.74, 6) is -2.52. The number of hydrogen-bond acceptors (Lipinski definition) is 6. The first kappa shape index (κ1) is 30.3. The highest BCUT2D eigenvalue weighted by Crippen LogP contribution is 2.11. The third-order valence-electron chi connectivity index (χ3n) is 5.26. The topological polar surface area (TPSA) is 182 Å². The number of nitrogens with one attached hydrogen (secondary N) is 3. The molecule has 0 aromatic carbocycles. The number of hydrogen-bond donors (Lipinski definition) is 6. The predicted molar refractivity (Wildman–Crippen MR) is 121 cm³/mol. The lowest BCUT2D eigenvalue weighted by Gasteiger charge is -2.27. The Balaban J connectivity index is 4.29. The first-order chi connectivity index (χ1) is 15.7. The zero-order valence-electron chi connectivity index (χ0n) is 19.4. The highest BCUT2D eigenvalue weighted by atomic mass is 16.4. The van der Waals surface area contributed by atoms with Crippen molar-refractivity contribution in [3.63, 3.8) is 0 Å². The highest BCUT2D eigenvalue weighted by Gasteiger charge is 2.33. The molecule has 0 aromatic heterocycles. The van der Waals surface area contributed by atoms with Crippen LogP contribution in [0.4, 0.5) is 4.79 Å². The third kappa shape index (κ3) is 14.9. The first-order valence-corrected chi connectivity index (χ1v) is 11.6. The summed E-state index contributed by atoms with van der Waals surface area (Å²) in [6, 6.07) is -2.24. The molecule has 0 unspecified atom stereocenters. The molecule has 0 fully saturated rings. The fraction of sp³-hybridized carbons (Fsp3) is 0.773. The van der Waals surface area contributed by atoms with Gasteiger partial charge in [-0.3, -0.25) is 9.59 Å². The van der Waals surface area contributed by atoms with Crippen molar-refractivity contribution >= 4 is 30.2 Å². The number of carboxylic acids is 2. The normalized spacial score (nSPS) is 13.4. The summed E-state index contributed by atoms with van der Waals surface area (Å²) in [7, 11) is 0. The molecule has 0 radical (unpaired) electrons. The summed E-state index contributed by atoms with van der Waals surface area (Å²) < 4.78 is 0. The van der Waals surface area contributed by atoms with Gasteiger partial charge in [-0.15, -0.1) is 0 Å². The minimum absolute atomic E-state index is 0.0339. The molecule has 0 aliphatic carbocycles. The van der Waals surface area contributed by atoms with E-state index in [1.54, 1.807) is 0 Å². The Morgan fingerprint density at radius 2 is 1.61 bits per heavy atom. The quantitative estimate of drug-likeness (QED) is 0.114. The summed E-state index contributed by atoms with van der Waals surface area (Å²) in [4.78, 5) is 57.4. The summed E-state index contributed by atoms with van der Waals surface area (Å²) in [6.45, 7) is 1.73. The van der Waals surface area contributed by atoms with E-state index in [0.29, 0.717) is 25.8 Å². The third-order valence-corrected chi connectivity index (χ3v) is 5.26. The number of carboxylic acid groups (broad SMARTS) is 2. The van der Waals surface area contributed by atoms with Crippen molar-refractivity contribution < 1.29 is 39.3 Å². The molecule has 3 amide bonds. The van der Waals surface area contributed by atoms with Gasteiger partial charge in [-0.25, -0.2) is 9.59 Å². The lowest BCUT2D eigenvalue weighted by Crippen LogP contribution is -2.58. The van der Waals surface area contributed by atoms with Crippen molar-refractivity contribution in [2.75, 3.05) is 13.2 Å². The molecule has 11 heteroatoms. The number of amides is 3. The second kappa shape index (κ2) is 17.8. The molecule has 0 heterocycles. The Hall–Kier alpha value is -2.69. The Morgan fingerprint density at radius 1 is 0.939 bits per heavy atom. The molecule has 0 bridgehead atoms. The summed E-state index contributed by atoms with van der Waals surface area (Å²) in [5.41, 5.74) is -1.81. The number of urea groups is 1. The number of rotatable bonds is 20. The zero-order valence-corrected chi connectivity index (χ0v) is 19.4. The average Bonchev–Trinajstić information content (AvgIpc) is 2.77. The predicted octanol–water partition coefficient (Wildman–Crippen LogP) is 1.57. The van der Waals surface area contributed by atoms with E-state index in [2.05, 4.69) is 22.9 Å². The van der Waals surface area contributed by atoms with Crippen LogP contribution in [0.25, 0.3) is 0 Å². The number of carbonyl (C=O) groups excluding carboxylic acids is 3. The standard InChI is InChI=1S/C22H39N3O8/c1-2-3-4-5-6-7-11-18(28)23-14-9-8-10-17(20(31)32)24-21(33)25-22(15-26,16-27)13-12-19(29)30/h15,17,27H,2-14,16H2,1H3,(H,23,28)(H,29,30)(H,31,32)(H2,24,25,33)/t17-,22+/m0/s1. The number of carbonyl (C=O) groups is 5. The van der Waals surface area contributed by atoms with Crippen LogP contribution in [-0.4, -0.2) is 70.2 Å². The second-order valence-corrected chi connectivity index (χ2v) is 8.18. The van der Waals surface area contributed by atoms with Crippen molar-refractivity contribution in [1.29, 1.82) is 0 Å². The monoisotopic (exact) mass is 473 g/mol. The number of aliphatic hydroxyl groups is 1. The van der Waals surface area contributed by atoms with Gasteiger partial charge in [0, 0.05) is 19.4 Å². The molecule has 11 nitrogen and oxygen atoms in total. The molecule has 6 N–H and O–H groups in total. The van der Waals surface area contributed by atoms with Crippen LogP contribution < -0.4 is 16.0 Å². The highest BCUT2D eigenvalue weighted by molar-refractivity contribution is 5.85. The molecule has 190 valence electrons. The van der Waals surface area contributed by atoms with Crippen molar-refractivity contribution in [1.82, 2.24) is 16.0 Å². The van der Waals surface area contributed by atoms with Crippen molar-refractivity contribution in [2.45, 2.75) is 95.6 Å². The molecular formula is C22H39N3O8. The van der Waals surface area contributed by atoms with E-state index in [0.717, 1.165) is 19.3 Å². The molecule has 0 spiro atoms. The average molecular weight is 474 g/mol. The number of aliphatic hydroxyl groups excluding tert-OH is 1. The lowest BCUT2D eigenvalue weighted by atomic mass is 9.96. The Morgan fingerprint density at radius 3 is 2.18 bits per heavy atom. The molecule has 0 saturated carbocycles. The van der Waals surface area contributed by atoms with Gasteiger partial charge in [0.2, 0.25) is 5.91 Å². The van der Waals surface area contributed by atoms with Gasteiger partial charge in [0.15, 0.2) is 0 Å². The molecule has 0 rings (SSSR count). The van der Waals surface area contributed by atoms with Gasteiger partial charge in [-0.1, -0.05) is 39.0 Å². The van der Waals surface area contributed by atoms with Crippen LogP contribution in [0.3, 0.4) is 0 Å². The van der Waals surface area contributed by atoms with Crippen LogP contribution in [0.1, 0.15) is 84.0 Å². The van der Waals surface area contributed by atoms with Crippen LogP contribution in [0, 0.1) is 0 Å². The van der Waals surface area contributed by atoms with Crippen LogP contribution in [0.2, 0.25) is 0 Å². The molecule has 0 aliphatic rings. The first-order valence-electron chi connectivity index (χ1n) is 11.6. The van der Waals surface area contributed by atoms with E-state index >= 15 is 0 Å². The fourth-order valence-electron chi connectivity index (χ4n) is 3.17. The maximum Gasteiger partial charge on any atom is 0.326 e. The van der Waals surface area contributed by atoms with Crippen LogP contribution in [0.5, 0.6) is 0 Å². The van der Waals surface area contributed by atoms with E-state index in [9.17, 15) is 34.2 Å². The number of aliphatic carboxylic acids is 2. The van der Waals surface area contributed by atoms with E-state index < -0.39 is 42.6 Å². The van der Waals surface area contributed by atoms with Gasteiger partial charge in [0.1, 0.15) is 17.9 Å². The van der Waals surface area contributed by atoms with Crippen LogP contribution >= 0.6 is 0 Å². The fourth-order valence-corrected chi connectivity index (χ4v) is 3.17. The summed E-state index contributed by atoms with van der Waals surface area (Å²) in [6.07, 6.45) is 7.53. The van der Waals surface area contributed by atoms with Gasteiger partial charge < -0.3 is 36.1 Å².